The highest BCUT2D eigenvalue weighted by Crippen LogP contribution is 2.47. The molecule has 5 nitrogen and oxygen atoms in total. The maximum absolute atomic E-state index is 7.04. The molecule has 14 rings (SSSR count). The van der Waals surface area contributed by atoms with E-state index in [1.54, 1.807) is 0 Å². The third kappa shape index (κ3) is 5.57. The van der Waals surface area contributed by atoms with E-state index < -0.39 is 0 Å². The van der Waals surface area contributed by atoms with Gasteiger partial charge in [-0.2, -0.15) is 0 Å². The van der Waals surface area contributed by atoms with Crippen LogP contribution in [0.5, 0.6) is 0 Å². The molecule has 0 amide bonds. The summed E-state index contributed by atoms with van der Waals surface area (Å²) in [7, 11) is 0. The van der Waals surface area contributed by atoms with Gasteiger partial charge in [-0.1, -0.05) is 188 Å². The molecule has 3 heterocycles. The Balaban J connectivity index is 0.956. The lowest BCUT2D eigenvalue weighted by Gasteiger charge is -2.12. The number of furan rings is 2. The van der Waals surface area contributed by atoms with Crippen LogP contribution in [0.25, 0.3) is 143 Å². The lowest BCUT2D eigenvalue weighted by molar-refractivity contribution is 0.669. The van der Waals surface area contributed by atoms with Crippen LogP contribution < -0.4 is 0 Å². The van der Waals surface area contributed by atoms with Crippen molar-refractivity contribution in [2.75, 3.05) is 0 Å². The summed E-state index contributed by atoms with van der Waals surface area (Å²) in [5.74, 6) is 1.70. The number of rotatable bonds is 5. The maximum Gasteiger partial charge on any atom is 0.167 e. The first kappa shape index (κ1) is 36.5. The zero-order valence-corrected chi connectivity index (χ0v) is 35.4. The summed E-state index contributed by atoms with van der Waals surface area (Å²) < 4.78 is 13.6. The van der Waals surface area contributed by atoms with Crippen molar-refractivity contribution in [1.29, 1.82) is 0 Å². The van der Waals surface area contributed by atoms with Gasteiger partial charge in [-0.05, 0) is 78.7 Å². The van der Waals surface area contributed by atoms with Gasteiger partial charge in [-0.3, -0.25) is 0 Å². The Morgan fingerprint density at radius 3 is 1.50 bits per heavy atom. The molecule has 3 aromatic heterocycles. The Labute approximate surface area is 377 Å². The number of fused-ring (bicyclic) bond motifs is 14. The van der Waals surface area contributed by atoms with Crippen LogP contribution in [0.15, 0.2) is 221 Å². The minimum absolute atomic E-state index is 0.545. The predicted molar refractivity (Wildman–Crippen MR) is 272 cm³/mol. The Kier molecular flexibility index (Phi) is 7.91. The Morgan fingerprint density at radius 2 is 0.773 bits per heavy atom. The molecular formula is C61H35N3O2. The molecule has 0 bridgehead atoms. The number of nitrogens with zero attached hydrogens (tertiary/aromatic N) is 3. The van der Waals surface area contributed by atoms with Crippen molar-refractivity contribution >= 4 is 87.0 Å². The lowest BCUT2D eigenvalue weighted by Crippen LogP contribution is -2.00. The molecule has 5 heteroatoms. The lowest BCUT2D eigenvalue weighted by atomic mass is 9.90. The average molecular weight is 842 g/mol. The third-order valence-electron chi connectivity index (χ3n) is 13.3. The van der Waals surface area contributed by atoms with Crippen LogP contribution in [-0.4, -0.2) is 15.0 Å². The van der Waals surface area contributed by atoms with E-state index in [9.17, 15) is 0 Å². The van der Waals surface area contributed by atoms with Crippen molar-refractivity contribution in [2.24, 2.45) is 0 Å². The second-order valence-electron chi connectivity index (χ2n) is 17.0. The normalized spacial score (nSPS) is 11.9. The molecule has 0 fully saturated rings. The molecule has 0 saturated heterocycles. The minimum Gasteiger partial charge on any atom is -0.455 e. The fraction of sp³-hybridized carbons (Fsp3) is 0. The summed E-state index contributed by atoms with van der Waals surface area (Å²) in [5.41, 5.74) is 10.4. The van der Waals surface area contributed by atoms with Crippen LogP contribution in [0.1, 0.15) is 0 Å². The summed E-state index contributed by atoms with van der Waals surface area (Å²) in [6, 6.07) is 74.5. The average Bonchev–Trinajstić information content (AvgIpc) is 3.96. The van der Waals surface area contributed by atoms with E-state index >= 15 is 0 Å². The molecule has 0 N–H and O–H groups in total. The zero-order chi connectivity index (χ0) is 43.3. The summed E-state index contributed by atoms with van der Waals surface area (Å²) in [4.78, 5) is 15.5. The molecule has 0 unspecified atom stereocenters. The van der Waals surface area contributed by atoms with Gasteiger partial charge in [-0.15, -0.1) is 0 Å². The standard InChI is InChI=1S/C61H35N3O2/c1-2-13-36(14-3-1)37-25-29-39(30-26-37)59-62-60(64-61(63-59)51-23-12-22-49-46-20-10-11-24-52(46)65-57(49)51)40-31-27-38(28-32-40)54-42-16-5-4-15-41(42)35-53-56(54)50-34-33-48-45-19-7-6-17-43(45)44-18-8-9-21-47(44)55(48)58(50)66-53/h1-35H. The van der Waals surface area contributed by atoms with Gasteiger partial charge in [-0.25, -0.2) is 15.0 Å². The van der Waals surface area contributed by atoms with E-state index in [-0.39, 0.29) is 0 Å². The monoisotopic (exact) mass is 841 g/mol. The van der Waals surface area contributed by atoms with Gasteiger partial charge in [0.2, 0.25) is 0 Å². The number of hydrogen-bond donors (Lipinski definition) is 0. The molecule has 14 aromatic rings. The van der Waals surface area contributed by atoms with Crippen molar-refractivity contribution in [2.45, 2.75) is 0 Å². The molecule has 0 aliphatic heterocycles. The third-order valence-corrected chi connectivity index (χ3v) is 13.3. The molecule has 66 heavy (non-hydrogen) atoms. The van der Waals surface area contributed by atoms with Crippen LogP contribution in [0.3, 0.4) is 0 Å². The van der Waals surface area contributed by atoms with Crippen LogP contribution in [-0.2, 0) is 0 Å². The summed E-state index contributed by atoms with van der Waals surface area (Å²) in [5, 5.41) is 13.7. The number of para-hydroxylation sites is 2. The Hall–Kier alpha value is -8.93. The topological polar surface area (TPSA) is 65.0 Å². The van der Waals surface area contributed by atoms with E-state index in [0.717, 1.165) is 99.0 Å². The van der Waals surface area contributed by atoms with Crippen LogP contribution >= 0.6 is 0 Å². The predicted octanol–water partition coefficient (Wildman–Crippen LogP) is 16.6. The molecule has 11 aromatic carbocycles. The smallest absolute Gasteiger partial charge is 0.167 e. The van der Waals surface area contributed by atoms with E-state index in [4.69, 9.17) is 23.8 Å². The van der Waals surface area contributed by atoms with Gasteiger partial charge in [0.15, 0.2) is 17.5 Å². The van der Waals surface area contributed by atoms with Gasteiger partial charge in [0.25, 0.3) is 0 Å². The summed E-state index contributed by atoms with van der Waals surface area (Å²) >= 11 is 0. The minimum atomic E-state index is 0.545. The first-order valence-electron chi connectivity index (χ1n) is 22.3. The van der Waals surface area contributed by atoms with Crippen molar-refractivity contribution in [1.82, 2.24) is 15.0 Å². The van der Waals surface area contributed by atoms with Crippen molar-refractivity contribution in [3.05, 3.63) is 212 Å². The number of hydrogen-bond acceptors (Lipinski definition) is 5. The molecule has 0 atom stereocenters. The Morgan fingerprint density at radius 1 is 0.273 bits per heavy atom. The number of aromatic nitrogens is 3. The van der Waals surface area contributed by atoms with Crippen molar-refractivity contribution in [3.8, 4) is 56.4 Å². The van der Waals surface area contributed by atoms with Crippen LogP contribution in [0.2, 0.25) is 0 Å². The highest BCUT2D eigenvalue weighted by Gasteiger charge is 2.22. The van der Waals surface area contributed by atoms with Gasteiger partial charge < -0.3 is 8.83 Å². The number of benzene rings is 11. The molecule has 306 valence electrons. The fourth-order valence-corrected chi connectivity index (χ4v) is 10.3. The van der Waals surface area contributed by atoms with E-state index in [1.807, 2.05) is 36.4 Å². The molecule has 0 aliphatic carbocycles. The molecule has 0 radical (unpaired) electrons. The second-order valence-corrected chi connectivity index (χ2v) is 17.0. The summed E-state index contributed by atoms with van der Waals surface area (Å²) in [6.45, 7) is 0. The Bertz CT molecular complexity index is 4230. The fourth-order valence-electron chi connectivity index (χ4n) is 10.3. The SMILES string of the molecule is c1ccc(-c2ccc(-c3nc(-c4ccc(-c5c6ccccc6cc6oc7c(ccc8c9ccccc9c9ccccc9c87)c56)cc4)nc(-c4cccc5c4oc4ccccc45)n3)cc2)cc1. The van der Waals surface area contributed by atoms with E-state index in [2.05, 4.69) is 176 Å². The molecule has 0 spiro atoms. The van der Waals surface area contributed by atoms with E-state index in [1.165, 1.54) is 26.9 Å². The van der Waals surface area contributed by atoms with Gasteiger partial charge in [0, 0.05) is 43.6 Å². The van der Waals surface area contributed by atoms with E-state index in [0.29, 0.717) is 17.5 Å². The van der Waals surface area contributed by atoms with Crippen LogP contribution in [0, 0.1) is 0 Å². The quantitative estimate of drug-likeness (QED) is 0.162. The van der Waals surface area contributed by atoms with Crippen molar-refractivity contribution in [3.63, 3.8) is 0 Å². The highest BCUT2D eigenvalue weighted by atomic mass is 16.3. The van der Waals surface area contributed by atoms with Gasteiger partial charge in [0.1, 0.15) is 22.3 Å². The second kappa shape index (κ2) is 14.3. The molecule has 0 saturated carbocycles. The first-order valence-corrected chi connectivity index (χ1v) is 22.3. The molecular weight excluding hydrogens is 807 g/mol. The highest BCUT2D eigenvalue weighted by molar-refractivity contribution is 6.34. The van der Waals surface area contributed by atoms with Gasteiger partial charge in [0.05, 0.1) is 5.56 Å². The largest absolute Gasteiger partial charge is 0.455 e. The zero-order valence-electron chi connectivity index (χ0n) is 35.4. The maximum atomic E-state index is 7.04. The van der Waals surface area contributed by atoms with Crippen molar-refractivity contribution < 1.29 is 8.83 Å². The van der Waals surface area contributed by atoms with Crippen LogP contribution in [0.4, 0.5) is 0 Å². The van der Waals surface area contributed by atoms with Gasteiger partial charge >= 0.3 is 0 Å². The summed E-state index contributed by atoms with van der Waals surface area (Å²) in [6.07, 6.45) is 0. The molecule has 0 aliphatic rings. The first-order chi connectivity index (χ1) is 32.7.